The second-order valence-electron chi connectivity index (χ2n) is 9.25. The first-order chi connectivity index (χ1) is 18.0. The highest BCUT2D eigenvalue weighted by molar-refractivity contribution is 7.89. The molecule has 1 saturated heterocycles. The lowest BCUT2D eigenvalue weighted by molar-refractivity contribution is 0.0730. The number of nitrogens with zero attached hydrogens (tertiary/aromatic N) is 3. The van der Waals surface area contributed by atoms with Crippen LogP contribution in [0.15, 0.2) is 57.7 Å². The topological polar surface area (TPSA) is 82.4 Å². The molecule has 198 valence electrons. The molecule has 5 rings (SSSR count). The van der Waals surface area contributed by atoms with E-state index in [-0.39, 0.29) is 4.90 Å². The molecule has 1 aliphatic carbocycles. The third-order valence-electron chi connectivity index (χ3n) is 7.03. The summed E-state index contributed by atoms with van der Waals surface area (Å²) in [6, 6.07) is 13.0. The number of hydrogen-bond donors (Lipinski definition) is 0. The van der Waals surface area contributed by atoms with E-state index in [0.717, 1.165) is 46.1 Å². The van der Waals surface area contributed by atoms with Crippen LogP contribution in [0.4, 0.5) is 5.69 Å². The Hall–Kier alpha value is -2.66. The van der Waals surface area contributed by atoms with Gasteiger partial charge in [-0.25, -0.2) is 13.4 Å². The van der Waals surface area contributed by atoms with Gasteiger partial charge in [0.2, 0.25) is 10.0 Å². The zero-order chi connectivity index (χ0) is 25.8. The lowest BCUT2D eigenvalue weighted by Gasteiger charge is -2.26. The molecule has 0 radical (unpaired) electrons. The van der Waals surface area contributed by atoms with Gasteiger partial charge in [-0.3, -0.25) is 0 Å². The Morgan fingerprint density at radius 1 is 0.973 bits per heavy atom. The number of thiazole rings is 1. The molecule has 37 heavy (non-hydrogen) atoms. The van der Waals surface area contributed by atoms with E-state index in [1.165, 1.54) is 23.6 Å². The third kappa shape index (κ3) is 5.47. The number of benzene rings is 2. The van der Waals surface area contributed by atoms with Gasteiger partial charge in [0, 0.05) is 30.1 Å². The van der Waals surface area contributed by atoms with Crippen LogP contribution in [-0.2, 0) is 14.8 Å². The van der Waals surface area contributed by atoms with Crippen LogP contribution in [0.2, 0.25) is 0 Å². The van der Waals surface area contributed by atoms with Gasteiger partial charge < -0.3 is 18.8 Å². The molecule has 1 aromatic heterocycles. The van der Waals surface area contributed by atoms with Crippen molar-refractivity contribution in [3.8, 4) is 22.8 Å². The molecule has 0 spiro atoms. The zero-order valence-electron chi connectivity index (χ0n) is 21.3. The molecule has 2 aromatic carbocycles. The molecule has 1 saturated carbocycles. The summed E-state index contributed by atoms with van der Waals surface area (Å²) in [6.07, 6.45) is 5.83. The number of sulfonamides is 1. The fourth-order valence-corrected chi connectivity index (χ4v) is 7.43. The van der Waals surface area contributed by atoms with E-state index in [1.54, 1.807) is 49.8 Å². The van der Waals surface area contributed by atoms with Crippen LogP contribution < -0.4 is 14.3 Å². The molecule has 2 heterocycles. The van der Waals surface area contributed by atoms with Crippen LogP contribution in [0.5, 0.6) is 11.5 Å². The number of hydrogen-bond acceptors (Lipinski definition) is 7. The second kappa shape index (κ2) is 11.4. The number of rotatable bonds is 7. The monoisotopic (exact) mass is 543 g/mol. The molecule has 0 atom stereocenters. The van der Waals surface area contributed by atoms with Crippen molar-refractivity contribution in [2.45, 2.75) is 43.0 Å². The molecule has 0 bridgehead atoms. The standard InChI is InChI=1S/C27H33N3O5S2/c1-33-22-10-13-26(34-2)24(18-22)25-19-36-27(30(25)21-6-4-3-5-7-21)28-20-8-11-23(12-9-20)37(31,32)29-14-16-35-17-15-29/h8-13,18-19,21H,3-7,14-17H2,1-2H3. The van der Waals surface area contributed by atoms with Crippen LogP contribution in [0.1, 0.15) is 38.1 Å². The summed E-state index contributed by atoms with van der Waals surface area (Å²) < 4.78 is 46.3. The van der Waals surface area contributed by atoms with Crippen LogP contribution in [0, 0.1) is 0 Å². The zero-order valence-corrected chi connectivity index (χ0v) is 22.9. The van der Waals surface area contributed by atoms with E-state index in [9.17, 15) is 8.42 Å². The molecular weight excluding hydrogens is 510 g/mol. The quantitative estimate of drug-likeness (QED) is 0.419. The number of morpholine rings is 1. The Bertz CT molecular complexity index is 1380. The van der Waals surface area contributed by atoms with Gasteiger partial charge in [-0.2, -0.15) is 4.31 Å². The third-order valence-corrected chi connectivity index (χ3v) is 9.79. The molecule has 0 amide bonds. The van der Waals surface area contributed by atoms with Gasteiger partial charge in [-0.05, 0) is 55.3 Å². The fraction of sp³-hybridized carbons (Fsp3) is 0.444. The molecule has 2 fully saturated rings. The van der Waals surface area contributed by atoms with E-state index < -0.39 is 10.0 Å². The molecule has 2 aliphatic rings. The largest absolute Gasteiger partial charge is 0.497 e. The highest BCUT2D eigenvalue weighted by Crippen LogP contribution is 2.38. The van der Waals surface area contributed by atoms with Crippen LogP contribution in [0.25, 0.3) is 11.3 Å². The summed E-state index contributed by atoms with van der Waals surface area (Å²) in [5.41, 5.74) is 2.74. The minimum atomic E-state index is -3.54. The summed E-state index contributed by atoms with van der Waals surface area (Å²) in [5, 5.41) is 2.13. The van der Waals surface area contributed by atoms with Crippen molar-refractivity contribution in [3.63, 3.8) is 0 Å². The Balaban J connectivity index is 1.54. The maximum Gasteiger partial charge on any atom is 0.243 e. The van der Waals surface area contributed by atoms with Crippen LogP contribution in [-0.4, -0.2) is 57.8 Å². The van der Waals surface area contributed by atoms with E-state index in [4.69, 9.17) is 19.2 Å². The van der Waals surface area contributed by atoms with Gasteiger partial charge in [0.1, 0.15) is 11.5 Å². The van der Waals surface area contributed by atoms with Crippen molar-refractivity contribution in [3.05, 3.63) is 52.6 Å². The molecule has 1 aliphatic heterocycles. The average molecular weight is 544 g/mol. The minimum Gasteiger partial charge on any atom is -0.497 e. The normalized spacial score (nSPS) is 18.2. The second-order valence-corrected chi connectivity index (χ2v) is 12.0. The maximum atomic E-state index is 13.0. The Kier molecular flexibility index (Phi) is 7.99. The van der Waals surface area contributed by atoms with Crippen LogP contribution in [0.3, 0.4) is 0 Å². The number of methoxy groups -OCH3 is 2. The van der Waals surface area contributed by atoms with Crippen molar-refractivity contribution in [2.75, 3.05) is 40.5 Å². The molecule has 3 aromatic rings. The first kappa shape index (κ1) is 26.0. The highest BCUT2D eigenvalue weighted by Gasteiger charge is 2.26. The van der Waals surface area contributed by atoms with Gasteiger partial charge >= 0.3 is 0 Å². The molecule has 8 nitrogen and oxygen atoms in total. The summed E-state index contributed by atoms with van der Waals surface area (Å²) >= 11 is 1.58. The van der Waals surface area contributed by atoms with Gasteiger partial charge in [-0.1, -0.05) is 19.3 Å². The van der Waals surface area contributed by atoms with E-state index in [2.05, 4.69) is 9.95 Å². The van der Waals surface area contributed by atoms with Crippen molar-refractivity contribution >= 4 is 27.0 Å². The van der Waals surface area contributed by atoms with Gasteiger partial charge in [0.05, 0.1) is 43.7 Å². The first-order valence-electron chi connectivity index (χ1n) is 12.7. The SMILES string of the molecule is COc1ccc(OC)c(-c2csc(=Nc3ccc(S(=O)(=O)N4CCOCC4)cc3)n2C2CCCCC2)c1. The molecule has 0 N–H and O–H groups in total. The first-order valence-corrected chi connectivity index (χ1v) is 15.0. The van der Waals surface area contributed by atoms with E-state index in [0.29, 0.717) is 32.3 Å². The maximum absolute atomic E-state index is 13.0. The number of ether oxygens (including phenoxy) is 3. The summed E-state index contributed by atoms with van der Waals surface area (Å²) in [6.45, 7) is 1.60. The van der Waals surface area contributed by atoms with Gasteiger partial charge in [0.15, 0.2) is 4.80 Å². The van der Waals surface area contributed by atoms with E-state index in [1.807, 2.05) is 18.2 Å². The minimum absolute atomic E-state index is 0.279. The molecule has 0 unspecified atom stereocenters. The lowest BCUT2D eigenvalue weighted by Crippen LogP contribution is -2.40. The van der Waals surface area contributed by atoms with Crippen molar-refractivity contribution in [1.29, 1.82) is 0 Å². The van der Waals surface area contributed by atoms with Crippen molar-refractivity contribution < 1.29 is 22.6 Å². The van der Waals surface area contributed by atoms with Crippen molar-refractivity contribution in [1.82, 2.24) is 8.87 Å². The lowest BCUT2D eigenvalue weighted by atomic mass is 9.95. The summed E-state index contributed by atoms with van der Waals surface area (Å²) in [4.78, 5) is 6.14. The molecular formula is C27H33N3O5S2. The summed E-state index contributed by atoms with van der Waals surface area (Å²) in [7, 11) is -0.194. The fourth-order valence-electron chi connectivity index (χ4n) is 5.04. The number of aromatic nitrogens is 1. The Morgan fingerprint density at radius 3 is 2.38 bits per heavy atom. The predicted molar refractivity (Wildman–Crippen MR) is 144 cm³/mol. The summed E-state index contributed by atoms with van der Waals surface area (Å²) in [5.74, 6) is 1.56. The smallest absolute Gasteiger partial charge is 0.243 e. The highest BCUT2D eigenvalue weighted by atomic mass is 32.2. The van der Waals surface area contributed by atoms with Gasteiger partial charge in [0.25, 0.3) is 0 Å². The van der Waals surface area contributed by atoms with E-state index >= 15 is 0 Å². The Labute approximate surface area is 222 Å². The average Bonchev–Trinajstić information content (AvgIpc) is 3.37. The Morgan fingerprint density at radius 2 is 1.70 bits per heavy atom. The predicted octanol–water partition coefficient (Wildman–Crippen LogP) is 4.99. The van der Waals surface area contributed by atoms with Crippen molar-refractivity contribution in [2.24, 2.45) is 4.99 Å². The molecule has 10 heteroatoms. The van der Waals surface area contributed by atoms with Crippen LogP contribution >= 0.6 is 11.3 Å². The van der Waals surface area contributed by atoms with Gasteiger partial charge in [-0.15, -0.1) is 11.3 Å².